The van der Waals surface area contributed by atoms with E-state index in [1.165, 1.54) is 30.5 Å². The lowest BCUT2D eigenvalue weighted by atomic mass is 10.1. The third-order valence-electron chi connectivity index (χ3n) is 5.09. The van der Waals surface area contributed by atoms with Crippen molar-refractivity contribution in [1.29, 1.82) is 0 Å². The number of nitrogens with zero attached hydrogens (tertiary/aromatic N) is 4. The monoisotopic (exact) mass is 337 g/mol. The lowest BCUT2D eigenvalue weighted by molar-refractivity contribution is 0.0778. The quantitative estimate of drug-likeness (QED) is 0.747. The van der Waals surface area contributed by atoms with Gasteiger partial charge in [0.15, 0.2) is 5.69 Å². The zero-order valence-corrected chi connectivity index (χ0v) is 14.7. The van der Waals surface area contributed by atoms with Gasteiger partial charge in [0.05, 0.1) is 17.8 Å². The molecular formula is C19H23N5O. The van der Waals surface area contributed by atoms with Crippen molar-refractivity contribution in [3.63, 3.8) is 0 Å². The summed E-state index contributed by atoms with van der Waals surface area (Å²) < 4.78 is 1.76. The summed E-state index contributed by atoms with van der Waals surface area (Å²) in [5.74, 6) is -0.0674. The van der Waals surface area contributed by atoms with Crippen molar-refractivity contribution < 1.29 is 4.79 Å². The number of amides is 1. The van der Waals surface area contributed by atoms with Gasteiger partial charge in [0.2, 0.25) is 0 Å². The van der Waals surface area contributed by atoms with E-state index in [1.54, 1.807) is 9.58 Å². The summed E-state index contributed by atoms with van der Waals surface area (Å²) in [6.45, 7) is 0.509. The molecule has 0 unspecified atom stereocenters. The zero-order chi connectivity index (χ0) is 17.4. The third kappa shape index (κ3) is 2.81. The lowest BCUT2D eigenvalue weighted by Crippen LogP contribution is -2.27. The maximum atomic E-state index is 12.9. The second kappa shape index (κ2) is 6.35. The molecule has 130 valence electrons. The number of rotatable bonds is 3. The molecule has 2 aromatic heterocycles. The second-order valence-corrected chi connectivity index (χ2v) is 6.84. The van der Waals surface area contributed by atoms with Crippen LogP contribution in [0.4, 0.5) is 0 Å². The van der Waals surface area contributed by atoms with E-state index in [1.807, 2.05) is 38.4 Å². The van der Waals surface area contributed by atoms with Crippen LogP contribution in [0.5, 0.6) is 0 Å². The number of para-hydroxylation sites is 1. The Balaban J connectivity index is 1.60. The Labute approximate surface area is 146 Å². The predicted molar refractivity (Wildman–Crippen MR) is 96.4 cm³/mol. The van der Waals surface area contributed by atoms with Crippen molar-refractivity contribution in [1.82, 2.24) is 24.9 Å². The first kappa shape index (κ1) is 15.9. The molecule has 2 heterocycles. The fourth-order valence-electron chi connectivity index (χ4n) is 3.71. The van der Waals surface area contributed by atoms with Crippen LogP contribution in [0.25, 0.3) is 10.9 Å². The Kier molecular flexibility index (Phi) is 4.03. The summed E-state index contributed by atoms with van der Waals surface area (Å²) in [6.07, 6.45) is 5.78. The topological polar surface area (TPSA) is 66.8 Å². The van der Waals surface area contributed by atoms with Crippen LogP contribution in [0.15, 0.2) is 24.3 Å². The molecular weight excluding hydrogens is 314 g/mol. The summed E-state index contributed by atoms with van der Waals surface area (Å²) in [6, 6.07) is 7.83. The van der Waals surface area contributed by atoms with Gasteiger partial charge in [0.25, 0.3) is 5.91 Å². The molecule has 1 N–H and O–H groups in total. The number of aryl methyl sites for hydroxylation is 2. The maximum absolute atomic E-state index is 12.9. The van der Waals surface area contributed by atoms with Gasteiger partial charge in [0, 0.05) is 25.2 Å². The summed E-state index contributed by atoms with van der Waals surface area (Å²) in [4.78, 5) is 14.7. The van der Waals surface area contributed by atoms with Crippen LogP contribution in [0.3, 0.4) is 0 Å². The highest BCUT2D eigenvalue weighted by Gasteiger charge is 2.22. The van der Waals surface area contributed by atoms with E-state index < -0.39 is 0 Å². The van der Waals surface area contributed by atoms with Gasteiger partial charge in [-0.1, -0.05) is 24.6 Å². The summed E-state index contributed by atoms with van der Waals surface area (Å²) >= 11 is 0. The highest BCUT2D eigenvalue weighted by Crippen LogP contribution is 2.23. The van der Waals surface area contributed by atoms with Gasteiger partial charge in [-0.25, -0.2) is 0 Å². The van der Waals surface area contributed by atoms with Crippen molar-refractivity contribution in [2.24, 2.45) is 7.05 Å². The van der Waals surface area contributed by atoms with E-state index in [2.05, 4.69) is 15.3 Å². The van der Waals surface area contributed by atoms with Gasteiger partial charge in [-0.2, -0.15) is 10.2 Å². The van der Waals surface area contributed by atoms with E-state index in [4.69, 9.17) is 0 Å². The van der Waals surface area contributed by atoms with Crippen LogP contribution >= 0.6 is 0 Å². The average Bonchev–Trinajstić information content (AvgIpc) is 3.06. The maximum Gasteiger partial charge on any atom is 0.275 e. The number of carbonyl (C=O) groups is 1. The van der Waals surface area contributed by atoms with Gasteiger partial charge in [0.1, 0.15) is 0 Å². The van der Waals surface area contributed by atoms with Gasteiger partial charge < -0.3 is 4.90 Å². The van der Waals surface area contributed by atoms with Gasteiger partial charge in [-0.3, -0.25) is 14.6 Å². The number of aromatic amines is 1. The minimum atomic E-state index is -0.0674. The summed E-state index contributed by atoms with van der Waals surface area (Å²) in [5.41, 5.74) is 5.02. The molecule has 1 aliphatic carbocycles. The number of aromatic nitrogens is 4. The minimum Gasteiger partial charge on any atom is -0.334 e. The van der Waals surface area contributed by atoms with Crippen LogP contribution in [0, 0.1) is 0 Å². The number of hydrogen-bond acceptors (Lipinski definition) is 3. The molecule has 4 rings (SSSR count). The molecule has 0 fully saturated rings. The molecule has 1 aromatic carbocycles. The fourth-order valence-corrected chi connectivity index (χ4v) is 3.71. The molecule has 3 aromatic rings. The van der Waals surface area contributed by atoms with Crippen molar-refractivity contribution in [2.75, 3.05) is 7.05 Å². The first-order chi connectivity index (χ1) is 12.1. The van der Waals surface area contributed by atoms with E-state index in [-0.39, 0.29) is 5.91 Å². The Bertz CT molecular complexity index is 923. The first-order valence-electron chi connectivity index (χ1n) is 8.87. The largest absolute Gasteiger partial charge is 0.334 e. The van der Waals surface area contributed by atoms with E-state index >= 15 is 0 Å². The number of H-pyrrole nitrogens is 1. The van der Waals surface area contributed by atoms with Gasteiger partial charge in [-0.05, 0) is 37.3 Å². The number of benzene rings is 1. The highest BCUT2D eigenvalue weighted by atomic mass is 16.2. The lowest BCUT2D eigenvalue weighted by Gasteiger charge is -2.15. The molecule has 1 aliphatic rings. The van der Waals surface area contributed by atoms with Gasteiger partial charge in [-0.15, -0.1) is 0 Å². The molecule has 0 saturated carbocycles. The second-order valence-electron chi connectivity index (χ2n) is 6.84. The number of hydrogen-bond donors (Lipinski definition) is 1. The predicted octanol–water partition coefficient (Wildman–Crippen LogP) is 2.84. The third-order valence-corrected chi connectivity index (χ3v) is 5.09. The molecule has 0 saturated heterocycles. The van der Waals surface area contributed by atoms with Crippen LogP contribution in [-0.2, 0) is 26.4 Å². The summed E-state index contributed by atoms with van der Waals surface area (Å²) in [7, 11) is 3.69. The molecule has 6 heteroatoms. The van der Waals surface area contributed by atoms with Crippen LogP contribution in [-0.4, -0.2) is 37.8 Å². The molecule has 0 radical (unpaired) electrons. The molecule has 6 nitrogen and oxygen atoms in total. The molecule has 0 bridgehead atoms. The van der Waals surface area contributed by atoms with Crippen LogP contribution < -0.4 is 0 Å². The Hall–Kier alpha value is -2.63. The fraction of sp³-hybridized carbons (Fsp3) is 0.421. The van der Waals surface area contributed by atoms with Crippen molar-refractivity contribution >= 4 is 16.8 Å². The Morgan fingerprint density at radius 3 is 2.92 bits per heavy atom. The normalized spacial score (nSPS) is 14.3. The van der Waals surface area contributed by atoms with Gasteiger partial charge >= 0.3 is 0 Å². The molecule has 0 aliphatic heterocycles. The smallest absolute Gasteiger partial charge is 0.275 e. The molecule has 25 heavy (non-hydrogen) atoms. The molecule has 0 atom stereocenters. The molecule has 1 amide bonds. The number of nitrogens with one attached hydrogen (secondary N) is 1. The van der Waals surface area contributed by atoms with E-state index in [9.17, 15) is 4.79 Å². The highest BCUT2D eigenvalue weighted by molar-refractivity contribution is 6.04. The Morgan fingerprint density at radius 1 is 1.24 bits per heavy atom. The standard InChI is InChI=1S/C19H23N5O/c1-23(12-16-13-8-4-3-5-10-15(13)20-21-16)19(25)18-14-9-6-7-11-17(14)24(2)22-18/h6-7,9,11H,3-5,8,10,12H2,1-2H3,(H,20,21). The summed E-state index contributed by atoms with van der Waals surface area (Å²) in [5, 5.41) is 13.0. The Morgan fingerprint density at radius 2 is 2.04 bits per heavy atom. The average molecular weight is 337 g/mol. The van der Waals surface area contributed by atoms with Crippen LogP contribution in [0.1, 0.15) is 46.7 Å². The zero-order valence-electron chi connectivity index (χ0n) is 14.7. The minimum absolute atomic E-state index is 0.0674. The first-order valence-corrected chi connectivity index (χ1v) is 8.87. The van der Waals surface area contributed by atoms with Crippen LogP contribution in [0.2, 0.25) is 0 Å². The SMILES string of the molecule is CN(Cc1n[nH]c2c1CCCCC2)C(=O)c1nn(C)c2ccccc12. The number of carbonyl (C=O) groups excluding carboxylic acids is 1. The van der Waals surface area contributed by atoms with Crippen molar-refractivity contribution in [2.45, 2.75) is 38.6 Å². The van der Waals surface area contributed by atoms with Crippen molar-refractivity contribution in [3.05, 3.63) is 46.9 Å². The van der Waals surface area contributed by atoms with E-state index in [0.717, 1.165) is 29.4 Å². The molecule has 0 spiro atoms. The van der Waals surface area contributed by atoms with Crippen molar-refractivity contribution in [3.8, 4) is 0 Å². The van der Waals surface area contributed by atoms with E-state index in [0.29, 0.717) is 12.2 Å². The number of fused-ring (bicyclic) bond motifs is 2.